The Morgan fingerprint density at radius 2 is 1.86 bits per heavy atom. The summed E-state index contributed by atoms with van der Waals surface area (Å²) in [4.78, 5) is 25.8. The summed E-state index contributed by atoms with van der Waals surface area (Å²) in [5.41, 5.74) is 4.37. The van der Waals surface area contributed by atoms with Gasteiger partial charge in [0.25, 0.3) is 11.8 Å². The van der Waals surface area contributed by atoms with Gasteiger partial charge in [0.2, 0.25) is 0 Å². The van der Waals surface area contributed by atoms with Gasteiger partial charge >= 0.3 is 0 Å². The van der Waals surface area contributed by atoms with Crippen molar-refractivity contribution in [1.82, 2.24) is 5.32 Å². The standard InChI is InChI=1S/C17H15NO2S/c1-9(2)14-15-12(16(19)18-17(14)20)8-13(21-15)11-6-4-5-10(3)7-11/h4-8H,1-3H3,(H,18,19,20). The number of benzene rings is 1. The Kier molecular flexibility index (Phi) is 3.26. The summed E-state index contributed by atoms with van der Waals surface area (Å²) in [5, 5.41) is 2.41. The van der Waals surface area contributed by atoms with Gasteiger partial charge in [-0.3, -0.25) is 14.9 Å². The highest BCUT2D eigenvalue weighted by atomic mass is 32.1. The highest BCUT2D eigenvalue weighted by Crippen LogP contribution is 2.38. The highest BCUT2D eigenvalue weighted by molar-refractivity contribution is 7.17. The average Bonchev–Trinajstić information content (AvgIpc) is 2.83. The largest absolute Gasteiger partial charge is 0.288 e. The summed E-state index contributed by atoms with van der Waals surface area (Å²) in [6.45, 7) is 5.82. The number of carbonyl (C=O) groups excluding carboxylic acids is 2. The minimum absolute atomic E-state index is 0.301. The zero-order valence-corrected chi connectivity index (χ0v) is 12.9. The number of rotatable bonds is 1. The molecular formula is C17H15NO2S. The Balaban J connectivity index is 2.20. The van der Waals surface area contributed by atoms with Gasteiger partial charge in [0.15, 0.2) is 0 Å². The van der Waals surface area contributed by atoms with Crippen LogP contribution in [0.3, 0.4) is 0 Å². The Bertz CT molecular complexity index is 795. The second-order valence-electron chi connectivity index (χ2n) is 5.38. The fourth-order valence-corrected chi connectivity index (χ4v) is 3.78. The molecule has 0 saturated heterocycles. The van der Waals surface area contributed by atoms with Crippen LogP contribution in [0, 0.1) is 6.92 Å². The van der Waals surface area contributed by atoms with E-state index in [-0.39, 0.29) is 11.8 Å². The van der Waals surface area contributed by atoms with E-state index in [9.17, 15) is 9.59 Å². The van der Waals surface area contributed by atoms with Crippen molar-refractivity contribution < 1.29 is 9.59 Å². The van der Waals surface area contributed by atoms with Gasteiger partial charge in [-0.1, -0.05) is 35.4 Å². The third-order valence-corrected chi connectivity index (χ3v) is 4.66. The number of imide groups is 1. The predicted octanol–water partition coefficient (Wildman–Crippen LogP) is 3.79. The normalized spacial score (nSPS) is 14.0. The van der Waals surface area contributed by atoms with Crippen LogP contribution >= 0.6 is 11.3 Å². The third kappa shape index (κ3) is 2.32. The number of hydrogen-bond donors (Lipinski definition) is 1. The zero-order valence-electron chi connectivity index (χ0n) is 12.1. The number of allylic oxidation sites excluding steroid dienone is 1. The van der Waals surface area contributed by atoms with E-state index >= 15 is 0 Å². The van der Waals surface area contributed by atoms with Crippen LogP contribution in [0.15, 0.2) is 35.9 Å². The second kappa shape index (κ2) is 4.97. The maximum Gasteiger partial charge on any atom is 0.259 e. The second-order valence-corrected chi connectivity index (χ2v) is 6.43. The molecule has 0 spiro atoms. The molecule has 2 heterocycles. The topological polar surface area (TPSA) is 46.2 Å². The fourth-order valence-electron chi connectivity index (χ4n) is 2.48. The zero-order chi connectivity index (χ0) is 15.1. The van der Waals surface area contributed by atoms with Crippen molar-refractivity contribution in [2.45, 2.75) is 20.8 Å². The van der Waals surface area contributed by atoms with E-state index in [1.54, 1.807) is 0 Å². The maximum atomic E-state index is 12.0. The van der Waals surface area contributed by atoms with Gasteiger partial charge < -0.3 is 0 Å². The van der Waals surface area contributed by atoms with Crippen LogP contribution < -0.4 is 5.32 Å². The number of fused-ring (bicyclic) bond motifs is 1. The van der Waals surface area contributed by atoms with Crippen molar-refractivity contribution in [2.24, 2.45) is 0 Å². The predicted molar refractivity (Wildman–Crippen MR) is 85.2 cm³/mol. The van der Waals surface area contributed by atoms with Crippen molar-refractivity contribution in [2.75, 3.05) is 0 Å². The quantitative estimate of drug-likeness (QED) is 0.643. The molecule has 0 aliphatic carbocycles. The molecule has 0 fully saturated rings. The van der Waals surface area contributed by atoms with Crippen LogP contribution in [-0.2, 0) is 4.79 Å². The van der Waals surface area contributed by atoms with E-state index in [2.05, 4.69) is 11.4 Å². The van der Waals surface area contributed by atoms with Crippen molar-refractivity contribution in [3.05, 3.63) is 51.9 Å². The highest BCUT2D eigenvalue weighted by Gasteiger charge is 2.30. The maximum absolute atomic E-state index is 12.0. The lowest BCUT2D eigenvalue weighted by Crippen LogP contribution is -2.35. The summed E-state index contributed by atoms with van der Waals surface area (Å²) in [5.74, 6) is -0.611. The number of thiophene rings is 1. The lowest BCUT2D eigenvalue weighted by atomic mass is 10.00. The minimum Gasteiger partial charge on any atom is -0.288 e. The van der Waals surface area contributed by atoms with Crippen LogP contribution in [0.25, 0.3) is 16.0 Å². The van der Waals surface area contributed by atoms with Crippen LogP contribution in [0.1, 0.15) is 34.6 Å². The Morgan fingerprint density at radius 3 is 2.52 bits per heavy atom. The smallest absolute Gasteiger partial charge is 0.259 e. The number of amides is 2. The Hall–Kier alpha value is -2.20. The van der Waals surface area contributed by atoms with Gasteiger partial charge in [-0.2, -0.15) is 0 Å². The third-order valence-electron chi connectivity index (χ3n) is 3.46. The number of nitrogens with one attached hydrogen (secondary N) is 1. The molecule has 1 N–H and O–H groups in total. The van der Waals surface area contributed by atoms with Crippen molar-refractivity contribution in [3.8, 4) is 10.4 Å². The van der Waals surface area contributed by atoms with Gasteiger partial charge in [0.1, 0.15) is 0 Å². The van der Waals surface area contributed by atoms with Crippen LogP contribution in [0.2, 0.25) is 0 Å². The van der Waals surface area contributed by atoms with Crippen LogP contribution in [0.4, 0.5) is 0 Å². The summed E-state index contributed by atoms with van der Waals surface area (Å²) in [6.07, 6.45) is 0. The monoisotopic (exact) mass is 297 g/mol. The lowest BCUT2D eigenvalue weighted by molar-refractivity contribution is -0.114. The first-order chi connectivity index (χ1) is 9.97. The van der Waals surface area contributed by atoms with E-state index < -0.39 is 0 Å². The first-order valence-corrected chi connectivity index (χ1v) is 7.53. The molecule has 0 bridgehead atoms. The Morgan fingerprint density at radius 1 is 1.10 bits per heavy atom. The molecule has 1 aliphatic rings. The molecule has 0 atom stereocenters. The summed E-state index contributed by atoms with van der Waals surface area (Å²) in [7, 11) is 0. The molecule has 2 amide bonds. The molecule has 1 aromatic carbocycles. The van der Waals surface area contributed by atoms with Gasteiger partial charge in [0, 0.05) is 4.88 Å². The van der Waals surface area contributed by atoms with Gasteiger partial charge in [0.05, 0.1) is 16.0 Å². The Labute approximate surface area is 127 Å². The molecule has 106 valence electrons. The molecule has 0 radical (unpaired) electrons. The van der Waals surface area contributed by atoms with E-state index in [0.717, 1.165) is 20.9 Å². The summed E-state index contributed by atoms with van der Waals surface area (Å²) >= 11 is 1.50. The van der Waals surface area contributed by atoms with Crippen molar-refractivity contribution in [3.63, 3.8) is 0 Å². The molecular weight excluding hydrogens is 282 g/mol. The molecule has 21 heavy (non-hydrogen) atoms. The first-order valence-electron chi connectivity index (χ1n) is 6.72. The molecule has 3 rings (SSSR count). The van der Waals surface area contributed by atoms with Gasteiger partial charge in [-0.15, -0.1) is 11.3 Å². The van der Waals surface area contributed by atoms with Crippen molar-refractivity contribution >= 4 is 28.7 Å². The van der Waals surface area contributed by atoms with E-state index in [4.69, 9.17) is 0 Å². The molecule has 0 saturated carbocycles. The van der Waals surface area contributed by atoms with Crippen LogP contribution in [-0.4, -0.2) is 11.8 Å². The number of aryl methyl sites for hydroxylation is 1. The first kappa shape index (κ1) is 13.8. The lowest BCUT2D eigenvalue weighted by Gasteiger charge is -2.15. The van der Waals surface area contributed by atoms with Crippen molar-refractivity contribution in [1.29, 1.82) is 0 Å². The molecule has 4 heteroatoms. The van der Waals surface area contributed by atoms with E-state index in [0.29, 0.717) is 11.1 Å². The van der Waals surface area contributed by atoms with Gasteiger partial charge in [-0.25, -0.2) is 0 Å². The molecule has 3 nitrogen and oxygen atoms in total. The SMILES string of the molecule is CC(C)=C1C(=O)NC(=O)c2cc(-c3cccc(C)c3)sc21. The van der Waals surface area contributed by atoms with Crippen LogP contribution in [0.5, 0.6) is 0 Å². The fraction of sp³-hybridized carbons (Fsp3) is 0.176. The number of carbonyl (C=O) groups is 2. The minimum atomic E-state index is -0.310. The summed E-state index contributed by atoms with van der Waals surface area (Å²) in [6, 6.07) is 10.0. The molecule has 2 aromatic rings. The summed E-state index contributed by atoms with van der Waals surface area (Å²) < 4.78 is 0. The number of hydrogen-bond acceptors (Lipinski definition) is 3. The van der Waals surface area contributed by atoms with E-state index in [1.165, 1.54) is 16.9 Å². The van der Waals surface area contributed by atoms with Gasteiger partial charge in [-0.05, 0) is 32.4 Å². The molecule has 1 aliphatic heterocycles. The average molecular weight is 297 g/mol. The van der Waals surface area contributed by atoms with E-state index in [1.807, 2.05) is 45.0 Å². The molecule has 0 unspecified atom stereocenters. The molecule has 1 aromatic heterocycles.